The molecule has 0 saturated carbocycles. The molecule has 5 nitrogen and oxygen atoms in total. The van der Waals surface area contributed by atoms with E-state index in [2.05, 4.69) is 36.1 Å². The molecule has 0 aliphatic carbocycles. The molecule has 2 aromatic heterocycles. The number of nitrogens with zero attached hydrogens (tertiary/aromatic N) is 3. The van der Waals surface area contributed by atoms with Crippen molar-refractivity contribution in [1.82, 2.24) is 9.97 Å². The second kappa shape index (κ2) is 5.81. The molecular formula is C15H20N4OS. The van der Waals surface area contributed by atoms with Crippen LogP contribution >= 0.6 is 11.3 Å². The molecule has 0 radical (unpaired) electrons. The van der Waals surface area contributed by atoms with Crippen LogP contribution in [-0.4, -0.2) is 30.0 Å². The predicted octanol–water partition coefficient (Wildman–Crippen LogP) is 3.15. The lowest BCUT2D eigenvalue weighted by Crippen LogP contribution is -2.20. The lowest BCUT2D eigenvalue weighted by molar-refractivity contribution is 0.102. The van der Waals surface area contributed by atoms with Gasteiger partial charge in [0, 0.05) is 31.1 Å². The first-order valence-electron chi connectivity index (χ1n) is 6.69. The highest BCUT2D eigenvalue weighted by atomic mass is 32.1. The summed E-state index contributed by atoms with van der Waals surface area (Å²) >= 11 is 1.44. The summed E-state index contributed by atoms with van der Waals surface area (Å²) in [5.74, 6) is 0.448. The van der Waals surface area contributed by atoms with Crippen molar-refractivity contribution in [3.8, 4) is 0 Å². The van der Waals surface area contributed by atoms with Gasteiger partial charge in [-0.1, -0.05) is 20.8 Å². The molecule has 0 bridgehead atoms. The molecule has 2 rings (SSSR count). The van der Waals surface area contributed by atoms with E-state index < -0.39 is 0 Å². The summed E-state index contributed by atoms with van der Waals surface area (Å²) in [5, 5.41) is 5.44. The molecule has 112 valence electrons. The normalized spacial score (nSPS) is 11.3. The fourth-order valence-electron chi connectivity index (χ4n) is 1.77. The maximum absolute atomic E-state index is 12.4. The van der Waals surface area contributed by atoms with E-state index in [0.717, 1.165) is 5.69 Å². The first-order chi connectivity index (χ1) is 9.79. The first kappa shape index (κ1) is 15.4. The van der Waals surface area contributed by atoms with Crippen LogP contribution in [0.2, 0.25) is 0 Å². The van der Waals surface area contributed by atoms with Crippen LogP contribution in [0.25, 0.3) is 0 Å². The average Bonchev–Trinajstić information content (AvgIpc) is 2.87. The van der Waals surface area contributed by atoms with Crippen molar-refractivity contribution >= 4 is 28.2 Å². The van der Waals surface area contributed by atoms with Gasteiger partial charge in [-0.15, -0.1) is 11.3 Å². The minimum atomic E-state index is -0.193. The second-order valence-corrected chi connectivity index (χ2v) is 6.87. The van der Waals surface area contributed by atoms with E-state index >= 15 is 0 Å². The monoisotopic (exact) mass is 304 g/mol. The Balaban J connectivity index is 2.21. The van der Waals surface area contributed by atoms with E-state index in [4.69, 9.17) is 0 Å². The molecular weight excluding hydrogens is 284 g/mol. The number of hydrogen-bond donors (Lipinski definition) is 1. The van der Waals surface area contributed by atoms with Crippen LogP contribution in [0, 0.1) is 0 Å². The maximum atomic E-state index is 12.4. The van der Waals surface area contributed by atoms with E-state index in [1.54, 1.807) is 18.3 Å². The zero-order valence-electron chi connectivity index (χ0n) is 13.0. The number of carbonyl (C=O) groups excluding carboxylic acids is 1. The molecule has 0 atom stereocenters. The van der Waals surface area contributed by atoms with Crippen molar-refractivity contribution in [2.24, 2.45) is 0 Å². The lowest BCUT2D eigenvalue weighted by atomic mass is 9.93. The van der Waals surface area contributed by atoms with Crippen molar-refractivity contribution in [2.75, 3.05) is 24.3 Å². The topological polar surface area (TPSA) is 58.1 Å². The van der Waals surface area contributed by atoms with E-state index in [0.29, 0.717) is 16.5 Å². The highest BCUT2D eigenvalue weighted by molar-refractivity contribution is 7.14. The third-order valence-corrected chi connectivity index (χ3v) is 3.71. The Morgan fingerprint density at radius 3 is 2.62 bits per heavy atom. The summed E-state index contributed by atoms with van der Waals surface area (Å²) in [6, 6.07) is 3.51. The number of hydrogen-bond acceptors (Lipinski definition) is 5. The van der Waals surface area contributed by atoms with Gasteiger partial charge in [-0.25, -0.2) is 9.97 Å². The average molecular weight is 304 g/mol. The fourth-order valence-corrected chi connectivity index (χ4v) is 2.70. The Hall–Kier alpha value is -1.95. The van der Waals surface area contributed by atoms with Gasteiger partial charge in [0.05, 0.1) is 11.3 Å². The lowest BCUT2D eigenvalue weighted by Gasteiger charge is -2.15. The first-order valence-corrected chi connectivity index (χ1v) is 7.56. The third kappa shape index (κ3) is 3.58. The number of nitrogens with one attached hydrogen (secondary N) is 1. The summed E-state index contributed by atoms with van der Waals surface area (Å²) in [7, 11) is 3.72. The Labute approximate surface area is 129 Å². The van der Waals surface area contributed by atoms with Crippen molar-refractivity contribution in [2.45, 2.75) is 26.2 Å². The molecule has 6 heteroatoms. The van der Waals surface area contributed by atoms with E-state index in [9.17, 15) is 4.79 Å². The predicted molar refractivity (Wildman–Crippen MR) is 87.3 cm³/mol. The van der Waals surface area contributed by atoms with Gasteiger partial charge in [-0.3, -0.25) is 10.1 Å². The number of rotatable bonds is 3. The number of carbonyl (C=O) groups is 1. The molecule has 21 heavy (non-hydrogen) atoms. The van der Waals surface area contributed by atoms with Crippen LogP contribution in [-0.2, 0) is 5.41 Å². The van der Waals surface area contributed by atoms with Crippen molar-refractivity contribution in [1.29, 1.82) is 0 Å². The smallest absolute Gasteiger partial charge is 0.261 e. The second-order valence-electron chi connectivity index (χ2n) is 6.01. The van der Waals surface area contributed by atoms with Gasteiger partial charge in [0.2, 0.25) is 0 Å². The van der Waals surface area contributed by atoms with Gasteiger partial charge < -0.3 is 4.90 Å². The number of anilines is 2. The molecule has 1 amide bonds. The minimum Gasteiger partial charge on any atom is -0.362 e. The summed E-state index contributed by atoms with van der Waals surface area (Å²) in [5.41, 5.74) is 1.49. The molecule has 0 fully saturated rings. The van der Waals surface area contributed by atoms with Crippen LogP contribution in [0.5, 0.6) is 0 Å². The summed E-state index contributed by atoms with van der Waals surface area (Å²) in [6.07, 6.45) is 1.67. The van der Waals surface area contributed by atoms with E-state index in [1.165, 1.54) is 11.3 Å². The fraction of sp³-hybridized carbons (Fsp3) is 0.400. The van der Waals surface area contributed by atoms with Crippen LogP contribution < -0.4 is 10.2 Å². The standard InChI is InChI=1S/C15H20N4OS/c1-15(2,3)11-9-21-14(17-11)18-13(20)10-7-6-8-16-12(10)19(4)5/h6-9H,1-5H3,(H,17,18,20). The molecule has 0 saturated heterocycles. The summed E-state index contributed by atoms with van der Waals surface area (Å²) in [4.78, 5) is 22.9. The van der Waals surface area contributed by atoms with Gasteiger partial charge in [0.15, 0.2) is 5.13 Å². The molecule has 0 unspecified atom stereocenters. The zero-order valence-corrected chi connectivity index (χ0v) is 13.8. The molecule has 2 aromatic rings. The molecule has 0 aliphatic heterocycles. The quantitative estimate of drug-likeness (QED) is 0.946. The highest BCUT2D eigenvalue weighted by Gasteiger charge is 2.19. The number of amides is 1. The number of thiazole rings is 1. The maximum Gasteiger partial charge on any atom is 0.261 e. The van der Waals surface area contributed by atoms with E-state index in [1.807, 2.05) is 24.4 Å². The Kier molecular flexibility index (Phi) is 4.27. The summed E-state index contributed by atoms with van der Waals surface area (Å²) in [6.45, 7) is 6.29. The van der Waals surface area contributed by atoms with Crippen LogP contribution in [0.15, 0.2) is 23.7 Å². The van der Waals surface area contributed by atoms with Crippen LogP contribution in [0.1, 0.15) is 36.8 Å². The Morgan fingerprint density at radius 2 is 2.05 bits per heavy atom. The number of pyridine rings is 1. The van der Waals surface area contributed by atoms with Gasteiger partial charge in [0.25, 0.3) is 5.91 Å². The zero-order chi connectivity index (χ0) is 15.6. The van der Waals surface area contributed by atoms with Crippen LogP contribution in [0.4, 0.5) is 10.9 Å². The van der Waals surface area contributed by atoms with Crippen molar-refractivity contribution < 1.29 is 4.79 Å². The molecule has 1 N–H and O–H groups in total. The van der Waals surface area contributed by atoms with Crippen LogP contribution in [0.3, 0.4) is 0 Å². The molecule has 2 heterocycles. The molecule has 0 spiro atoms. The van der Waals surface area contributed by atoms with Gasteiger partial charge in [0.1, 0.15) is 5.82 Å². The van der Waals surface area contributed by atoms with Gasteiger partial charge in [-0.05, 0) is 12.1 Å². The SMILES string of the molecule is CN(C)c1ncccc1C(=O)Nc1nc(C(C)(C)C)cs1. The Morgan fingerprint density at radius 1 is 1.33 bits per heavy atom. The van der Waals surface area contributed by atoms with Crippen molar-refractivity contribution in [3.63, 3.8) is 0 Å². The highest BCUT2D eigenvalue weighted by Crippen LogP contribution is 2.27. The summed E-state index contributed by atoms with van der Waals surface area (Å²) < 4.78 is 0. The Bertz CT molecular complexity index is 643. The largest absolute Gasteiger partial charge is 0.362 e. The van der Waals surface area contributed by atoms with E-state index in [-0.39, 0.29) is 11.3 Å². The van der Waals surface area contributed by atoms with Gasteiger partial charge >= 0.3 is 0 Å². The molecule has 0 aromatic carbocycles. The minimum absolute atomic E-state index is 0.0252. The third-order valence-electron chi connectivity index (χ3n) is 2.95. The van der Waals surface area contributed by atoms with Gasteiger partial charge in [-0.2, -0.15) is 0 Å². The molecule has 0 aliphatic rings. The van der Waals surface area contributed by atoms with Crippen molar-refractivity contribution in [3.05, 3.63) is 35.0 Å². The number of aromatic nitrogens is 2.